The predicted molar refractivity (Wildman–Crippen MR) is 134 cm³/mol. The lowest BCUT2D eigenvalue weighted by molar-refractivity contribution is 0.0727. The molecule has 3 aromatic rings. The monoisotopic (exact) mass is 469 g/mol. The fourth-order valence-corrected chi connectivity index (χ4v) is 4.40. The lowest BCUT2D eigenvalue weighted by atomic mass is 10.1. The molecule has 0 radical (unpaired) electrons. The number of nitrogens with one attached hydrogen (secondary N) is 1. The van der Waals surface area contributed by atoms with Crippen molar-refractivity contribution in [3.8, 4) is 0 Å². The van der Waals surface area contributed by atoms with Crippen LogP contribution in [0.3, 0.4) is 0 Å². The Hall–Kier alpha value is -2.83. The van der Waals surface area contributed by atoms with Gasteiger partial charge in [0.25, 0.3) is 11.8 Å². The molecule has 0 aliphatic rings. The van der Waals surface area contributed by atoms with Crippen molar-refractivity contribution in [3.63, 3.8) is 0 Å². The Morgan fingerprint density at radius 3 is 2.44 bits per heavy atom. The zero-order chi connectivity index (χ0) is 23.3. The fraction of sp³-hybridized carbons (Fsp3) is 0.280. The third kappa shape index (κ3) is 5.90. The van der Waals surface area contributed by atoms with Gasteiger partial charge in [-0.3, -0.25) is 9.59 Å². The zero-order valence-corrected chi connectivity index (χ0v) is 20.3. The van der Waals surface area contributed by atoms with E-state index in [4.69, 9.17) is 11.6 Å². The highest BCUT2D eigenvalue weighted by molar-refractivity contribution is 7.12. The molecule has 0 spiro atoms. The zero-order valence-electron chi connectivity index (χ0n) is 18.8. The Balaban J connectivity index is 1.90. The van der Waals surface area contributed by atoms with Crippen LogP contribution < -0.4 is 10.2 Å². The van der Waals surface area contributed by atoms with Gasteiger partial charge in [0.15, 0.2) is 0 Å². The fourth-order valence-electron chi connectivity index (χ4n) is 3.49. The molecule has 0 saturated heterocycles. The number of thiophene rings is 1. The van der Waals surface area contributed by atoms with Crippen molar-refractivity contribution >= 4 is 46.1 Å². The average Bonchev–Trinajstić information content (AvgIpc) is 3.27. The molecule has 5 nitrogen and oxygen atoms in total. The Bertz CT molecular complexity index is 1080. The summed E-state index contributed by atoms with van der Waals surface area (Å²) in [5.74, 6) is 0.0709. The van der Waals surface area contributed by atoms with Crippen LogP contribution in [-0.2, 0) is 6.54 Å². The number of carbonyl (C=O) groups is 2. The number of halogens is 1. The molecule has 1 N–H and O–H groups in total. The van der Waals surface area contributed by atoms with Crippen LogP contribution in [0, 0.1) is 5.92 Å². The van der Waals surface area contributed by atoms with Crippen molar-refractivity contribution in [2.75, 3.05) is 30.9 Å². The van der Waals surface area contributed by atoms with E-state index in [9.17, 15) is 9.59 Å². The molecule has 0 saturated carbocycles. The number of nitrogens with zero attached hydrogens (tertiary/aromatic N) is 2. The SMILES string of the molecule is CC(C)CN(Cc1cc(NC(=O)c2ccccc2Cl)ccc1N(C)C)C(=O)c1cccs1. The third-order valence-corrected chi connectivity index (χ3v) is 6.09. The van der Waals surface area contributed by atoms with Crippen LogP contribution in [0.5, 0.6) is 0 Å². The topological polar surface area (TPSA) is 52.7 Å². The normalized spacial score (nSPS) is 10.8. The Labute approximate surface area is 198 Å². The predicted octanol–water partition coefficient (Wildman–Crippen LogP) is 6.02. The highest BCUT2D eigenvalue weighted by Crippen LogP contribution is 2.27. The Morgan fingerprint density at radius 2 is 1.81 bits per heavy atom. The number of benzene rings is 2. The maximum absolute atomic E-state index is 13.2. The molecular formula is C25H28ClN3O2S. The smallest absolute Gasteiger partial charge is 0.264 e. The van der Waals surface area contributed by atoms with Crippen LogP contribution in [0.4, 0.5) is 11.4 Å². The van der Waals surface area contributed by atoms with E-state index in [0.29, 0.717) is 35.3 Å². The summed E-state index contributed by atoms with van der Waals surface area (Å²) < 4.78 is 0. The van der Waals surface area contributed by atoms with Gasteiger partial charge in [-0.25, -0.2) is 0 Å². The summed E-state index contributed by atoms with van der Waals surface area (Å²) in [6.07, 6.45) is 0. The van der Waals surface area contributed by atoms with Crippen molar-refractivity contribution in [1.29, 1.82) is 0 Å². The minimum Gasteiger partial charge on any atom is -0.377 e. The first-order valence-corrected chi connectivity index (χ1v) is 11.7. The summed E-state index contributed by atoms with van der Waals surface area (Å²) in [6, 6.07) is 16.4. The molecule has 0 bridgehead atoms. The van der Waals surface area contributed by atoms with Crippen molar-refractivity contribution in [2.24, 2.45) is 5.92 Å². The number of carbonyl (C=O) groups excluding carboxylic acids is 2. The van der Waals surface area contributed by atoms with Crippen LogP contribution in [0.25, 0.3) is 0 Å². The Kier molecular flexibility index (Phi) is 7.94. The van der Waals surface area contributed by atoms with Gasteiger partial charge < -0.3 is 15.1 Å². The standard InChI is InChI=1S/C25H28ClN3O2S/c1-17(2)15-29(25(31)23-10-7-13-32-23)16-18-14-19(11-12-22(18)28(3)4)27-24(30)20-8-5-6-9-21(20)26/h5-14,17H,15-16H2,1-4H3,(H,27,30). The maximum Gasteiger partial charge on any atom is 0.264 e. The summed E-state index contributed by atoms with van der Waals surface area (Å²) in [6.45, 7) is 5.28. The molecule has 0 atom stereocenters. The van der Waals surface area contributed by atoms with Gasteiger partial charge in [-0.05, 0) is 53.3 Å². The van der Waals surface area contributed by atoms with Crippen molar-refractivity contribution in [1.82, 2.24) is 4.90 Å². The quantitative estimate of drug-likeness (QED) is 0.439. The van der Waals surface area contributed by atoms with E-state index in [1.807, 2.05) is 59.6 Å². The van der Waals surface area contributed by atoms with Crippen molar-refractivity contribution in [2.45, 2.75) is 20.4 Å². The summed E-state index contributed by atoms with van der Waals surface area (Å²) in [5, 5.41) is 5.25. The van der Waals surface area contributed by atoms with Crippen LogP contribution in [-0.4, -0.2) is 37.4 Å². The molecular weight excluding hydrogens is 442 g/mol. The van der Waals surface area contributed by atoms with Crippen LogP contribution in [0.2, 0.25) is 5.02 Å². The molecule has 1 aromatic heterocycles. The lowest BCUT2D eigenvalue weighted by Gasteiger charge is -2.27. The second kappa shape index (κ2) is 10.7. The molecule has 2 aromatic carbocycles. The highest BCUT2D eigenvalue weighted by atomic mass is 35.5. The van der Waals surface area contributed by atoms with E-state index >= 15 is 0 Å². The molecule has 32 heavy (non-hydrogen) atoms. The lowest BCUT2D eigenvalue weighted by Crippen LogP contribution is -2.33. The molecule has 0 unspecified atom stereocenters. The second-order valence-electron chi connectivity index (χ2n) is 8.23. The van der Waals surface area contributed by atoms with Gasteiger partial charge >= 0.3 is 0 Å². The van der Waals surface area contributed by atoms with Crippen LogP contribution in [0.1, 0.15) is 39.4 Å². The number of anilines is 2. The summed E-state index contributed by atoms with van der Waals surface area (Å²) in [4.78, 5) is 30.5. The first kappa shape index (κ1) is 23.8. The minimum atomic E-state index is -0.271. The molecule has 3 rings (SSSR count). The third-order valence-electron chi connectivity index (χ3n) is 4.90. The van der Waals surface area contributed by atoms with Gasteiger partial charge in [-0.2, -0.15) is 0 Å². The number of hydrogen-bond acceptors (Lipinski definition) is 4. The van der Waals surface area contributed by atoms with Gasteiger partial charge in [0.2, 0.25) is 0 Å². The largest absolute Gasteiger partial charge is 0.377 e. The van der Waals surface area contributed by atoms with Gasteiger partial charge in [-0.1, -0.05) is 43.6 Å². The Morgan fingerprint density at radius 1 is 1.06 bits per heavy atom. The molecule has 0 aliphatic heterocycles. The van der Waals surface area contributed by atoms with E-state index < -0.39 is 0 Å². The van der Waals surface area contributed by atoms with Crippen LogP contribution >= 0.6 is 22.9 Å². The first-order chi connectivity index (χ1) is 15.3. The molecule has 7 heteroatoms. The van der Waals surface area contributed by atoms with Crippen molar-refractivity contribution in [3.05, 3.63) is 81.0 Å². The number of hydrogen-bond donors (Lipinski definition) is 1. The summed E-state index contributed by atoms with van der Waals surface area (Å²) in [5.41, 5.74) is 3.02. The van der Waals surface area contributed by atoms with Crippen LogP contribution in [0.15, 0.2) is 60.0 Å². The first-order valence-electron chi connectivity index (χ1n) is 10.4. The van der Waals surface area contributed by atoms with Crippen molar-refractivity contribution < 1.29 is 9.59 Å². The van der Waals surface area contributed by atoms with E-state index in [1.54, 1.807) is 24.3 Å². The molecule has 1 heterocycles. The molecule has 2 amide bonds. The second-order valence-corrected chi connectivity index (χ2v) is 9.58. The van der Waals surface area contributed by atoms with Gasteiger partial charge in [-0.15, -0.1) is 11.3 Å². The number of amides is 2. The van der Waals surface area contributed by atoms with E-state index in [2.05, 4.69) is 19.2 Å². The highest BCUT2D eigenvalue weighted by Gasteiger charge is 2.20. The minimum absolute atomic E-state index is 0.0175. The van der Waals surface area contributed by atoms with E-state index in [1.165, 1.54) is 11.3 Å². The van der Waals surface area contributed by atoms with Gasteiger partial charge in [0.05, 0.1) is 15.5 Å². The number of rotatable bonds is 8. The van der Waals surface area contributed by atoms with Gasteiger partial charge in [0, 0.05) is 38.6 Å². The maximum atomic E-state index is 13.2. The summed E-state index contributed by atoms with van der Waals surface area (Å²) in [7, 11) is 3.93. The van der Waals surface area contributed by atoms with E-state index in [0.717, 1.165) is 16.1 Å². The van der Waals surface area contributed by atoms with Gasteiger partial charge in [0.1, 0.15) is 0 Å². The molecule has 168 valence electrons. The molecule has 0 aliphatic carbocycles. The molecule has 0 fully saturated rings. The van der Waals surface area contributed by atoms with E-state index in [-0.39, 0.29) is 11.8 Å². The average molecular weight is 470 g/mol. The summed E-state index contributed by atoms with van der Waals surface area (Å²) >= 11 is 7.62.